The highest BCUT2D eigenvalue weighted by molar-refractivity contribution is 6.33. The number of benzene rings is 1. The number of nitrogens with one attached hydrogen (secondary N) is 1. The van der Waals surface area contributed by atoms with Crippen LogP contribution in [-0.4, -0.2) is 12.5 Å². The van der Waals surface area contributed by atoms with Crippen LogP contribution in [-0.2, 0) is 4.74 Å². The minimum Gasteiger partial charge on any atom is -0.478 e. The first-order valence-corrected chi connectivity index (χ1v) is 5.42. The summed E-state index contributed by atoms with van der Waals surface area (Å²) in [5.74, 6) is -0.141. The quantitative estimate of drug-likeness (QED) is 0.873. The van der Waals surface area contributed by atoms with Gasteiger partial charge >= 0.3 is 0 Å². The van der Waals surface area contributed by atoms with Crippen molar-refractivity contribution in [2.24, 2.45) is 0 Å². The molecule has 0 saturated carbocycles. The Labute approximate surface area is 103 Å². The Bertz CT molecular complexity index is 532. The molecular weight excluding hydrogens is 240 g/mol. The fourth-order valence-electron chi connectivity index (χ4n) is 1.49. The average Bonchev–Trinajstić information content (AvgIpc) is 2.76. The molecule has 0 atom stereocenters. The van der Waals surface area contributed by atoms with Crippen LogP contribution in [0.5, 0.6) is 0 Å². The lowest BCUT2D eigenvalue weighted by Crippen LogP contribution is -2.24. The van der Waals surface area contributed by atoms with Crippen LogP contribution in [0.25, 0.3) is 0 Å². The minimum absolute atomic E-state index is 0.234. The molecule has 0 spiro atoms. The zero-order valence-corrected chi connectivity index (χ0v) is 9.62. The molecule has 0 bridgehead atoms. The first-order valence-electron chi connectivity index (χ1n) is 5.04. The van der Waals surface area contributed by atoms with Crippen LogP contribution in [0.1, 0.15) is 16.8 Å². The maximum absolute atomic E-state index is 11.9. The molecule has 1 heterocycles. The molecule has 0 unspecified atom stereocenters. The second-order valence-electron chi connectivity index (χ2n) is 3.45. The van der Waals surface area contributed by atoms with E-state index >= 15 is 0 Å². The van der Waals surface area contributed by atoms with Gasteiger partial charge in [-0.2, -0.15) is 5.26 Å². The lowest BCUT2D eigenvalue weighted by Gasteiger charge is -2.07. The summed E-state index contributed by atoms with van der Waals surface area (Å²) in [6.45, 7) is 0.418. The van der Waals surface area contributed by atoms with E-state index in [1.807, 2.05) is 6.07 Å². The minimum atomic E-state index is -0.375. The van der Waals surface area contributed by atoms with Gasteiger partial charge in [0.1, 0.15) is 6.07 Å². The summed E-state index contributed by atoms with van der Waals surface area (Å²) < 4.78 is 5.17. The molecule has 0 saturated heterocycles. The van der Waals surface area contributed by atoms with Gasteiger partial charge in [-0.25, -0.2) is 0 Å². The van der Waals surface area contributed by atoms with Crippen molar-refractivity contribution in [1.29, 1.82) is 5.26 Å². The maximum Gasteiger partial charge on any atom is 0.259 e. The van der Waals surface area contributed by atoms with Crippen LogP contribution in [0.2, 0.25) is 5.02 Å². The summed E-state index contributed by atoms with van der Waals surface area (Å²) in [6.07, 6.45) is 0.522. The molecular formula is C12H9ClN2O2. The molecule has 0 fully saturated rings. The fourth-order valence-corrected chi connectivity index (χ4v) is 1.71. The number of ether oxygens (including phenoxy) is 1. The number of carbonyl (C=O) groups excluding carboxylic acids is 1. The van der Waals surface area contributed by atoms with E-state index in [0.717, 1.165) is 0 Å². The summed E-state index contributed by atoms with van der Waals surface area (Å²) >= 11 is 5.89. The second kappa shape index (κ2) is 4.89. The molecule has 1 aliphatic rings. The number of hydrogen-bond acceptors (Lipinski definition) is 3. The van der Waals surface area contributed by atoms with Crippen LogP contribution >= 0.6 is 11.6 Å². The summed E-state index contributed by atoms with van der Waals surface area (Å²) in [5, 5.41) is 11.7. The SMILES string of the molecule is N#CC1=C(NC(=O)c2ccccc2Cl)OCC1. The first-order chi connectivity index (χ1) is 8.22. The highest BCUT2D eigenvalue weighted by atomic mass is 35.5. The van der Waals surface area contributed by atoms with Gasteiger partial charge in [0.2, 0.25) is 5.88 Å². The van der Waals surface area contributed by atoms with Gasteiger partial charge < -0.3 is 4.74 Å². The first kappa shape index (κ1) is 11.5. The number of nitrogens with zero attached hydrogens (tertiary/aromatic N) is 1. The van der Waals surface area contributed by atoms with Crippen molar-refractivity contribution in [2.45, 2.75) is 6.42 Å². The number of rotatable bonds is 2. The van der Waals surface area contributed by atoms with Crippen LogP contribution < -0.4 is 5.32 Å². The molecule has 2 rings (SSSR count). The Morgan fingerprint density at radius 2 is 2.24 bits per heavy atom. The summed E-state index contributed by atoms with van der Waals surface area (Å²) in [5.41, 5.74) is 0.805. The molecule has 1 aromatic carbocycles. The highest BCUT2D eigenvalue weighted by Gasteiger charge is 2.19. The van der Waals surface area contributed by atoms with Crippen LogP contribution in [0.3, 0.4) is 0 Å². The zero-order valence-electron chi connectivity index (χ0n) is 8.87. The lowest BCUT2D eigenvalue weighted by molar-refractivity contribution is 0.0930. The van der Waals surface area contributed by atoms with Gasteiger partial charge in [0.15, 0.2) is 0 Å². The number of hydrogen-bond donors (Lipinski definition) is 1. The Kier molecular flexibility index (Phi) is 3.31. The van der Waals surface area contributed by atoms with Crippen molar-refractivity contribution in [3.05, 3.63) is 46.3 Å². The Balaban J connectivity index is 2.19. The van der Waals surface area contributed by atoms with Gasteiger partial charge in [-0.3, -0.25) is 10.1 Å². The third kappa shape index (κ3) is 2.40. The Hall–Kier alpha value is -1.99. The molecule has 0 radical (unpaired) electrons. The smallest absolute Gasteiger partial charge is 0.259 e. The third-order valence-electron chi connectivity index (χ3n) is 2.35. The third-order valence-corrected chi connectivity index (χ3v) is 2.68. The van der Waals surface area contributed by atoms with Gasteiger partial charge in [0.05, 0.1) is 22.8 Å². The van der Waals surface area contributed by atoms with Gasteiger partial charge in [-0.05, 0) is 12.1 Å². The molecule has 4 nitrogen and oxygen atoms in total. The molecule has 1 amide bonds. The molecule has 5 heteroatoms. The molecule has 0 aromatic heterocycles. The maximum atomic E-state index is 11.9. The van der Waals surface area contributed by atoms with Crippen LogP contribution in [0.4, 0.5) is 0 Å². The standard InChI is InChI=1S/C12H9ClN2O2/c13-10-4-2-1-3-9(10)11(16)15-12-8(7-14)5-6-17-12/h1-4H,5-6H2,(H,15,16). The Morgan fingerprint density at radius 3 is 2.94 bits per heavy atom. The van der Waals surface area contributed by atoms with Crippen molar-refractivity contribution in [3.63, 3.8) is 0 Å². The van der Waals surface area contributed by atoms with Gasteiger partial charge in [0, 0.05) is 6.42 Å². The topological polar surface area (TPSA) is 62.1 Å². The Morgan fingerprint density at radius 1 is 1.47 bits per heavy atom. The number of nitriles is 1. The summed E-state index contributed by atoms with van der Waals surface area (Å²) in [7, 11) is 0. The molecule has 86 valence electrons. The normalized spacial score (nSPS) is 14.1. The molecule has 1 aliphatic heterocycles. The predicted octanol–water partition coefficient (Wildman–Crippen LogP) is 2.23. The van der Waals surface area contributed by atoms with Crippen LogP contribution in [0, 0.1) is 11.3 Å². The zero-order chi connectivity index (χ0) is 12.3. The molecule has 17 heavy (non-hydrogen) atoms. The van der Waals surface area contributed by atoms with Crippen molar-refractivity contribution < 1.29 is 9.53 Å². The van der Waals surface area contributed by atoms with Crippen molar-refractivity contribution >= 4 is 17.5 Å². The monoisotopic (exact) mass is 248 g/mol. The number of halogens is 1. The number of carbonyl (C=O) groups is 1. The predicted molar refractivity (Wildman–Crippen MR) is 62.1 cm³/mol. The molecule has 1 aromatic rings. The van der Waals surface area contributed by atoms with E-state index in [9.17, 15) is 4.79 Å². The van der Waals surface area contributed by atoms with Crippen molar-refractivity contribution in [1.82, 2.24) is 5.32 Å². The number of amides is 1. The molecule has 0 aliphatic carbocycles. The second-order valence-corrected chi connectivity index (χ2v) is 3.86. The van der Waals surface area contributed by atoms with Crippen LogP contribution in [0.15, 0.2) is 35.7 Å². The van der Waals surface area contributed by atoms with Gasteiger partial charge in [0.25, 0.3) is 5.91 Å². The molecule has 1 N–H and O–H groups in total. The largest absolute Gasteiger partial charge is 0.478 e. The van der Waals surface area contributed by atoms with E-state index in [4.69, 9.17) is 21.6 Å². The summed E-state index contributed by atoms with van der Waals surface area (Å²) in [6, 6.07) is 8.69. The highest BCUT2D eigenvalue weighted by Crippen LogP contribution is 2.19. The fraction of sp³-hybridized carbons (Fsp3) is 0.167. The van der Waals surface area contributed by atoms with Gasteiger partial charge in [-0.15, -0.1) is 0 Å². The average molecular weight is 249 g/mol. The lowest BCUT2D eigenvalue weighted by atomic mass is 10.2. The summed E-state index contributed by atoms with van der Waals surface area (Å²) in [4.78, 5) is 11.9. The van der Waals surface area contributed by atoms with E-state index in [1.165, 1.54) is 0 Å². The van der Waals surface area contributed by atoms with E-state index in [-0.39, 0.29) is 11.8 Å². The van der Waals surface area contributed by atoms with E-state index < -0.39 is 0 Å². The van der Waals surface area contributed by atoms with Gasteiger partial charge in [-0.1, -0.05) is 23.7 Å². The van der Waals surface area contributed by atoms with E-state index in [0.29, 0.717) is 29.2 Å². The van der Waals surface area contributed by atoms with Crippen molar-refractivity contribution in [2.75, 3.05) is 6.61 Å². The van der Waals surface area contributed by atoms with Crippen molar-refractivity contribution in [3.8, 4) is 6.07 Å². The van der Waals surface area contributed by atoms with E-state index in [1.54, 1.807) is 24.3 Å². The van der Waals surface area contributed by atoms with E-state index in [2.05, 4.69) is 5.32 Å².